The average Bonchev–Trinajstić information content (AvgIpc) is 2.31. The van der Waals surface area contributed by atoms with Crippen LogP contribution in [-0.2, 0) is 4.79 Å². The molecule has 1 aliphatic heterocycles. The van der Waals surface area contributed by atoms with Gasteiger partial charge in [-0.25, -0.2) is 0 Å². The zero-order valence-corrected chi connectivity index (χ0v) is 9.88. The van der Waals surface area contributed by atoms with Crippen molar-refractivity contribution in [3.8, 4) is 0 Å². The molecule has 4 nitrogen and oxygen atoms in total. The van der Waals surface area contributed by atoms with Gasteiger partial charge in [0.1, 0.15) is 0 Å². The van der Waals surface area contributed by atoms with Crippen LogP contribution in [0.25, 0.3) is 0 Å². The first-order valence-corrected chi connectivity index (χ1v) is 6.02. The van der Waals surface area contributed by atoms with Crippen LogP contribution in [0.1, 0.15) is 26.7 Å². The quantitative estimate of drug-likeness (QED) is 0.685. The van der Waals surface area contributed by atoms with E-state index in [-0.39, 0.29) is 11.9 Å². The van der Waals surface area contributed by atoms with E-state index >= 15 is 0 Å². The molecular weight excluding hydrogens is 190 g/mol. The van der Waals surface area contributed by atoms with Crippen molar-refractivity contribution in [1.82, 2.24) is 15.5 Å². The summed E-state index contributed by atoms with van der Waals surface area (Å²) < 4.78 is 0. The molecule has 0 aromatic carbocycles. The molecule has 1 unspecified atom stereocenters. The van der Waals surface area contributed by atoms with E-state index < -0.39 is 0 Å². The fourth-order valence-corrected chi connectivity index (χ4v) is 1.82. The summed E-state index contributed by atoms with van der Waals surface area (Å²) in [7, 11) is 0. The van der Waals surface area contributed by atoms with Crippen molar-refractivity contribution >= 4 is 5.91 Å². The summed E-state index contributed by atoms with van der Waals surface area (Å²) >= 11 is 0. The number of unbranched alkanes of at least 4 members (excludes halogenated alkanes) is 1. The molecule has 1 heterocycles. The number of carbonyl (C=O) groups is 1. The van der Waals surface area contributed by atoms with Crippen LogP contribution < -0.4 is 10.6 Å². The first kappa shape index (κ1) is 12.5. The van der Waals surface area contributed by atoms with Crippen LogP contribution in [-0.4, -0.2) is 49.6 Å². The highest BCUT2D eigenvalue weighted by atomic mass is 16.2. The SMILES string of the molecule is CCCCN(CC)C(=O)C1CNCCN1. The van der Waals surface area contributed by atoms with Crippen molar-refractivity contribution in [3.63, 3.8) is 0 Å². The molecule has 1 aliphatic rings. The monoisotopic (exact) mass is 213 g/mol. The Labute approximate surface area is 92.4 Å². The summed E-state index contributed by atoms with van der Waals surface area (Å²) in [6, 6.07) is -0.0180. The summed E-state index contributed by atoms with van der Waals surface area (Å²) in [6.07, 6.45) is 2.24. The Kier molecular flexibility index (Phi) is 5.65. The topological polar surface area (TPSA) is 44.4 Å². The van der Waals surface area contributed by atoms with E-state index in [0.29, 0.717) is 0 Å². The Morgan fingerprint density at radius 1 is 1.40 bits per heavy atom. The summed E-state index contributed by atoms with van der Waals surface area (Å²) in [5.41, 5.74) is 0. The van der Waals surface area contributed by atoms with Crippen molar-refractivity contribution < 1.29 is 4.79 Å². The highest BCUT2D eigenvalue weighted by Crippen LogP contribution is 2.00. The van der Waals surface area contributed by atoms with Crippen LogP contribution in [0.5, 0.6) is 0 Å². The Bertz CT molecular complexity index is 190. The normalized spacial score (nSPS) is 21.3. The predicted molar refractivity (Wildman–Crippen MR) is 61.8 cm³/mol. The van der Waals surface area contributed by atoms with Crippen molar-refractivity contribution in [3.05, 3.63) is 0 Å². The minimum Gasteiger partial charge on any atom is -0.342 e. The van der Waals surface area contributed by atoms with E-state index in [0.717, 1.165) is 45.6 Å². The Balaban J connectivity index is 2.40. The third-order valence-corrected chi connectivity index (χ3v) is 2.81. The van der Waals surface area contributed by atoms with Crippen molar-refractivity contribution in [2.75, 3.05) is 32.7 Å². The maximum Gasteiger partial charge on any atom is 0.241 e. The predicted octanol–water partition coefficient (Wildman–Crippen LogP) is 0.196. The summed E-state index contributed by atoms with van der Waals surface area (Å²) in [5, 5.41) is 6.50. The number of piperazine rings is 1. The number of hydrogen-bond acceptors (Lipinski definition) is 3. The molecule has 1 amide bonds. The molecule has 1 atom stereocenters. The second-order valence-corrected chi connectivity index (χ2v) is 3.98. The van der Waals surface area contributed by atoms with E-state index in [1.54, 1.807) is 0 Å². The van der Waals surface area contributed by atoms with Crippen LogP contribution in [0.3, 0.4) is 0 Å². The molecule has 1 rings (SSSR count). The largest absolute Gasteiger partial charge is 0.342 e. The zero-order chi connectivity index (χ0) is 11.1. The van der Waals surface area contributed by atoms with Gasteiger partial charge in [-0.05, 0) is 13.3 Å². The highest BCUT2D eigenvalue weighted by Gasteiger charge is 2.23. The maximum absolute atomic E-state index is 12.1. The second-order valence-electron chi connectivity index (χ2n) is 3.98. The van der Waals surface area contributed by atoms with Crippen molar-refractivity contribution in [1.29, 1.82) is 0 Å². The smallest absolute Gasteiger partial charge is 0.241 e. The molecule has 2 N–H and O–H groups in total. The summed E-state index contributed by atoms with van der Waals surface area (Å²) in [4.78, 5) is 14.0. The third-order valence-electron chi connectivity index (χ3n) is 2.81. The Morgan fingerprint density at radius 3 is 2.73 bits per heavy atom. The number of amides is 1. The molecule has 0 aliphatic carbocycles. The van der Waals surface area contributed by atoms with Crippen LogP contribution in [0.15, 0.2) is 0 Å². The molecular formula is C11H23N3O. The molecule has 0 aromatic rings. The van der Waals surface area contributed by atoms with E-state index in [2.05, 4.69) is 17.6 Å². The van der Waals surface area contributed by atoms with Gasteiger partial charge in [0.2, 0.25) is 5.91 Å². The third kappa shape index (κ3) is 3.80. The first-order chi connectivity index (χ1) is 7.29. The lowest BCUT2D eigenvalue weighted by Gasteiger charge is -2.29. The van der Waals surface area contributed by atoms with Crippen LogP contribution in [0.4, 0.5) is 0 Å². The molecule has 0 saturated carbocycles. The number of likely N-dealkylation sites (N-methyl/N-ethyl adjacent to an activating group) is 1. The van der Waals surface area contributed by atoms with E-state index in [1.807, 2.05) is 11.8 Å². The molecule has 0 radical (unpaired) electrons. The minimum absolute atomic E-state index is 0.0180. The van der Waals surface area contributed by atoms with Crippen LogP contribution >= 0.6 is 0 Å². The first-order valence-electron chi connectivity index (χ1n) is 6.02. The minimum atomic E-state index is -0.0180. The van der Waals surface area contributed by atoms with Crippen molar-refractivity contribution in [2.24, 2.45) is 0 Å². The number of hydrogen-bond donors (Lipinski definition) is 2. The van der Waals surface area contributed by atoms with E-state index in [1.165, 1.54) is 0 Å². The van der Waals surface area contributed by atoms with Gasteiger partial charge in [-0.1, -0.05) is 13.3 Å². The molecule has 15 heavy (non-hydrogen) atoms. The number of nitrogens with zero attached hydrogens (tertiary/aromatic N) is 1. The number of carbonyl (C=O) groups excluding carboxylic acids is 1. The van der Waals surface area contributed by atoms with Gasteiger partial charge in [0, 0.05) is 32.7 Å². The highest BCUT2D eigenvalue weighted by molar-refractivity contribution is 5.82. The molecule has 88 valence electrons. The lowest BCUT2D eigenvalue weighted by molar-refractivity contribution is -0.133. The number of nitrogens with one attached hydrogen (secondary N) is 2. The maximum atomic E-state index is 12.1. The molecule has 0 spiro atoms. The number of rotatable bonds is 5. The lowest BCUT2D eigenvalue weighted by Crippen LogP contribution is -2.56. The van der Waals surface area contributed by atoms with Crippen molar-refractivity contribution in [2.45, 2.75) is 32.7 Å². The van der Waals surface area contributed by atoms with Gasteiger partial charge in [0.15, 0.2) is 0 Å². The van der Waals surface area contributed by atoms with Crippen LogP contribution in [0.2, 0.25) is 0 Å². The second kappa shape index (κ2) is 6.80. The van der Waals surface area contributed by atoms with E-state index in [4.69, 9.17) is 0 Å². The molecule has 1 saturated heterocycles. The van der Waals surface area contributed by atoms with Gasteiger partial charge >= 0.3 is 0 Å². The molecule has 4 heteroatoms. The van der Waals surface area contributed by atoms with Gasteiger partial charge < -0.3 is 15.5 Å². The van der Waals surface area contributed by atoms with Crippen LogP contribution in [0, 0.1) is 0 Å². The van der Waals surface area contributed by atoms with Gasteiger partial charge in [-0.2, -0.15) is 0 Å². The lowest BCUT2D eigenvalue weighted by atomic mass is 10.2. The molecule has 0 bridgehead atoms. The van der Waals surface area contributed by atoms with E-state index in [9.17, 15) is 4.79 Å². The summed E-state index contributed by atoms with van der Waals surface area (Å²) in [5.74, 6) is 0.248. The fourth-order valence-electron chi connectivity index (χ4n) is 1.82. The van der Waals surface area contributed by atoms with Gasteiger partial charge in [-0.15, -0.1) is 0 Å². The molecule has 1 fully saturated rings. The molecule has 0 aromatic heterocycles. The van der Waals surface area contributed by atoms with Gasteiger partial charge in [0.25, 0.3) is 0 Å². The summed E-state index contributed by atoms with van der Waals surface area (Å²) in [6.45, 7) is 8.53. The fraction of sp³-hybridized carbons (Fsp3) is 0.909. The van der Waals surface area contributed by atoms with Gasteiger partial charge in [0.05, 0.1) is 6.04 Å². The zero-order valence-electron chi connectivity index (χ0n) is 9.88. The van der Waals surface area contributed by atoms with Gasteiger partial charge in [-0.3, -0.25) is 4.79 Å². The standard InChI is InChI=1S/C11H23N3O/c1-3-5-8-14(4-2)11(15)10-9-12-6-7-13-10/h10,12-13H,3-9H2,1-2H3. The average molecular weight is 213 g/mol. The Hall–Kier alpha value is -0.610. The Morgan fingerprint density at radius 2 is 2.20 bits per heavy atom.